The molecule has 0 amide bonds. The molecule has 2 N–H and O–H groups in total. The molecule has 0 unspecified atom stereocenters. The van der Waals surface area contributed by atoms with Gasteiger partial charge in [0, 0.05) is 17.2 Å². The summed E-state index contributed by atoms with van der Waals surface area (Å²) in [6.45, 7) is 2.11. The number of hydrogen-bond donors (Lipinski definition) is 2. The summed E-state index contributed by atoms with van der Waals surface area (Å²) in [6.07, 6.45) is 1.79. The first-order valence-corrected chi connectivity index (χ1v) is 9.04. The number of anilines is 1. The lowest BCUT2D eigenvalue weighted by atomic mass is 10.1. The molecule has 0 aliphatic rings. The summed E-state index contributed by atoms with van der Waals surface area (Å²) in [7, 11) is 0. The molecule has 0 aliphatic heterocycles. The molecule has 0 atom stereocenters. The highest BCUT2D eigenvalue weighted by atomic mass is 19.1. The highest BCUT2D eigenvalue weighted by molar-refractivity contribution is 5.84. The van der Waals surface area contributed by atoms with E-state index in [-0.39, 0.29) is 35.1 Å². The number of halogens is 2. The maximum atomic E-state index is 14.0. The van der Waals surface area contributed by atoms with E-state index in [2.05, 4.69) is 20.5 Å². The van der Waals surface area contributed by atoms with Gasteiger partial charge in [-0.05, 0) is 12.5 Å². The van der Waals surface area contributed by atoms with Crippen LogP contribution in [0.5, 0.6) is 5.75 Å². The molecule has 2 aromatic carbocycles. The summed E-state index contributed by atoms with van der Waals surface area (Å²) in [5, 5.41) is 13.2. The average molecular weight is 409 g/mol. The van der Waals surface area contributed by atoms with Gasteiger partial charge >= 0.3 is 0 Å². The number of aromatic amines is 1. The fourth-order valence-corrected chi connectivity index (χ4v) is 2.63. The topological polar surface area (TPSA) is 103 Å². The second-order valence-corrected chi connectivity index (χ2v) is 6.14. The van der Waals surface area contributed by atoms with E-state index in [1.54, 1.807) is 30.3 Å². The SMILES string of the molecule is CCCOc1c(F)cc(F)cc1C=NNc1nc(-c2ccccc2)c(C#N)c(=O)[nH]1. The number of aromatic nitrogens is 2. The van der Waals surface area contributed by atoms with Gasteiger partial charge in [-0.2, -0.15) is 10.4 Å². The number of rotatable bonds is 7. The van der Waals surface area contributed by atoms with E-state index in [4.69, 9.17) is 4.74 Å². The molecule has 0 spiro atoms. The molecule has 30 heavy (non-hydrogen) atoms. The first-order valence-electron chi connectivity index (χ1n) is 9.04. The summed E-state index contributed by atoms with van der Waals surface area (Å²) in [6, 6.07) is 12.4. The van der Waals surface area contributed by atoms with Crippen LogP contribution in [-0.2, 0) is 0 Å². The van der Waals surface area contributed by atoms with Crippen LogP contribution in [0.4, 0.5) is 14.7 Å². The van der Waals surface area contributed by atoms with Crippen molar-refractivity contribution in [1.29, 1.82) is 5.26 Å². The lowest BCUT2D eigenvalue weighted by Gasteiger charge is -2.09. The van der Waals surface area contributed by atoms with Crippen molar-refractivity contribution < 1.29 is 13.5 Å². The number of hydrogen-bond acceptors (Lipinski definition) is 6. The zero-order valence-corrected chi connectivity index (χ0v) is 15.9. The molecule has 0 fully saturated rings. The molecular formula is C21H17F2N5O2. The number of benzene rings is 2. The fourth-order valence-electron chi connectivity index (χ4n) is 2.63. The molecule has 0 radical (unpaired) electrons. The van der Waals surface area contributed by atoms with Crippen LogP contribution in [-0.4, -0.2) is 22.8 Å². The Bertz CT molecular complexity index is 1170. The maximum absolute atomic E-state index is 14.0. The van der Waals surface area contributed by atoms with Gasteiger partial charge in [0.2, 0.25) is 5.95 Å². The smallest absolute Gasteiger partial charge is 0.270 e. The molecule has 0 aliphatic carbocycles. The number of hydrazone groups is 1. The normalized spacial score (nSPS) is 10.7. The molecular weight excluding hydrogens is 392 g/mol. The van der Waals surface area contributed by atoms with Crippen molar-refractivity contribution in [2.24, 2.45) is 5.10 Å². The van der Waals surface area contributed by atoms with Gasteiger partial charge in [-0.1, -0.05) is 37.3 Å². The number of H-pyrrole nitrogens is 1. The van der Waals surface area contributed by atoms with Crippen molar-refractivity contribution in [3.8, 4) is 23.1 Å². The van der Waals surface area contributed by atoms with E-state index in [1.165, 1.54) is 0 Å². The van der Waals surface area contributed by atoms with Crippen molar-refractivity contribution in [1.82, 2.24) is 9.97 Å². The molecule has 152 valence electrons. The van der Waals surface area contributed by atoms with Gasteiger partial charge in [-0.25, -0.2) is 19.2 Å². The minimum Gasteiger partial charge on any atom is -0.490 e. The first kappa shape index (κ1) is 20.7. The van der Waals surface area contributed by atoms with Crippen LogP contribution in [0, 0.1) is 23.0 Å². The van der Waals surface area contributed by atoms with Gasteiger partial charge in [-0.3, -0.25) is 9.78 Å². The van der Waals surface area contributed by atoms with E-state index in [0.717, 1.165) is 18.3 Å². The Labute approximate surface area is 170 Å². The Kier molecular flexibility index (Phi) is 6.49. The van der Waals surface area contributed by atoms with Gasteiger partial charge in [0.15, 0.2) is 11.6 Å². The van der Waals surface area contributed by atoms with Crippen molar-refractivity contribution in [2.45, 2.75) is 13.3 Å². The summed E-state index contributed by atoms with van der Waals surface area (Å²) >= 11 is 0. The monoisotopic (exact) mass is 409 g/mol. The van der Waals surface area contributed by atoms with Gasteiger partial charge in [0.05, 0.1) is 18.5 Å². The second kappa shape index (κ2) is 9.43. The summed E-state index contributed by atoms with van der Waals surface area (Å²) < 4.78 is 32.9. The Hall–Kier alpha value is -4.06. The predicted molar refractivity (Wildman–Crippen MR) is 108 cm³/mol. The van der Waals surface area contributed by atoms with E-state index in [1.807, 2.05) is 13.0 Å². The molecule has 3 rings (SSSR count). The maximum Gasteiger partial charge on any atom is 0.270 e. The van der Waals surface area contributed by atoms with Crippen LogP contribution < -0.4 is 15.7 Å². The quantitative estimate of drug-likeness (QED) is 0.456. The van der Waals surface area contributed by atoms with Gasteiger partial charge in [-0.15, -0.1) is 0 Å². The van der Waals surface area contributed by atoms with Crippen molar-refractivity contribution in [3.05, 3.63) is 75.6 Å². The van der Waals surface area contributed by atoms with Gasteiger partial charge < -0.3 is 4.74 Å². The third kappa shape index (κ3) is 4.67. The van der Waals surface area contributed by atoms with Crippen LogP contribution in [0.15, 0.2) is 52.4 Å². The van der Waals surface area contributed by atoms with Crippen molar-refractivity contribution in [3.63, 3.8) is 0 Å². The van der Waals surface area contributed by atoms with Crippen LogP contribution in [0.1, 0.15) is 24.5 Å². The van der Waals surface area contributed by atoms with E-state index in [9.17, 15) is 18.8 Å². The molecule has 0 saturated carbocycles. The highest BCUT2D eigenvalue weighted by Crippen LogP contribution is 2.23. The fraction of sp³-hybridized carbons (Fsp3) is 0.143. The number of nitriles is 1. The molecule has 1 aromatic heterocycles. The zero-order chi connectivity index (χ0) is 21.5. The van der Waals surface area contributed by atoms with Crippen LogP contribution >= 0.6 is 0 Å². The minimum absolute atomic E-state index is 0.0398. The lowest BCUT2D eigenvalue weighted by molar-refractivity contribution is 0.300. The molecule has 1 heterocycles. The van der Waals surface area contributed by atoms with Gasteiger partial charge in [0.25, 0.3) is 5.56 Å². The zero-order valence-electron chi connectivity index (χ0n) is 15.9. The highest BCUT2D eigenvalue weighted by Gasteiger charge is 2.14. The number of ether oxygens (including phenoxy) is 1. The molecule has 3 aromatic rings. The molecule has 0 saturated heterocycles. The third-order valence-electron chi connectivity index (χ3n) is 3.94. The number of nitrogens with one attached hydrogen (secondary N) is 2. The molecule has 9 heteroatoms. The largest absolute Gasteiger partial charge is 0.490 e. The first-order chi connectivity index (χ1) is 14.5. The Morgan fingerprint density at radius 2 is 2.07 bits per heavy atom. The van der Waals surface area contributed by atoms with E-state index < -0.39 is 17.2 Å². The van der Waals surface area contributed by atoms with Crippen LogP contribution in [0.25, 0.3) is 11.3 Å². The van der Waals surface area contributed by atoms with E-state index in [0.29, 0.717) is 12.0 Å². The average Bonchev–Trinajstić information content (AvgIpc) is 2.73. The summed E-state index contributed by atoms with van der Waals surface area (Å²) in [5.74, 6) is -1.80. The predicted octanol–water partition coefficient (Wildman–Crippen LogP) is 3.82. The Morgan fingerprint density at radius 1 is 1.30 bits per heavy atom. The van der Waals surface area contributed by atoms with Crippen LogP contribution in [0.2, 0.25) is 0 Å². The lowest BCUT2D eigenvalue weighted by Crippen LogP contribution is -2.16. The Balaban J connectivity index is 1.92. The van der Waals surface area contributed by atoms with E-state index >= 15 is 0 Å². The van der Waals surface area contributed by atoms with Crippen molar-refractivity contribution >= 4 is 12.2 Å². The summed E-state index contributed by atoms with van der Waals surface area (Å²) in [4.78, 5) is 18.9. The third-order valence-corrected chi connectivity index (χ3v) is 3.94. The van der Waals surface area contributed by atoms with Crippen molar-refractivity contribution in [2.75, 3.05) is 12.0 Å². The summed E-state index contributed by atoms with van der Waals surface area (Å²) in [5.41, 5.74) is 2.56. The second-order valence-electron chi connectivity index (χ2n) is 6.14. The van der Waals surface area contributed by atoms with Gasteiger partial charge in [0.1, 0.15) is 17.4 Å². The Morgan fingerprint density at radius 3 is 2.77 bits per heavy atom. The molecule has 0 bridgehead atoms. The van der Waals surface area contributed by atoms with Crippen LogP contribution in [0.3, 0.4) is 0 Å². The standard InChI is InChI=1S/C21H17F2N5O2/c1-2-8-30-19-14(9-15(22)10-17(19)23)12-25-28-21-26-18(13-6-4-3-5-7-13)16(11-24)20(29)27-21/h3-7,9-10,12H,2,8H2,1H3,(H2,26,27,28,29). The molecule has 7 nitrogen and oxygen atoms in total. The minimum atomic E-state index is -0.846. The number of nitrogens with zero attached hydrogens (tertiary/aromatic N) is 3.